The van der Waals surface area contributed by atoms with Crippen molar-refractivity contribution in [2.24, 2.45) is 0 Å². The van der Waals surface area contributed by atoms with Gasteiger partial charge in [-0.05, 0) is 35.7 Å². The van der Waals surface area contributed by atoms with Crippen LogP contribution in [0.5, 0.6) is 5.75 Å². The quantitative estimate of drug-likeness (QED) is 0.360. The van der Waals surface area contributed by atoms with E-state index in [0.717, 1.165) is 24.0 Å². The van der Waals surface area contributed by atoms with Crippen LogP contribution in [0.3, 0.4) is 0 Å². The Labute approximate surface area is 206 Å². The minimum Gasteiger partial charge on any atom is -0.484 e. The highest BCUT2D eigenvalue weighted by Crippen LogP contribution is 2.21. The zero-order valence-corrected chi connectivity index (χ0v) is 20.2. The molecule has 1 atom stereocenters. The van der Waals surface area contributed by atoms with Crippen LogP contribution in [0, 0.1) is 0 Å². The van der Waals surface area contributed by atoms with E-state index in [0.29, 0.717) is 23.7 Å². The van der Waals surface area contributed by atoms with Crippen molar-refractivity contribution in [3.63, 3.8) is 0 Å². The van der Waals surface area contributed by atoms with Gasteiger partial charge in [0.05, 0.1) is 0 Å². The molecule has 0 aliphatic carbocycles. The van der Waals surface area contributed by atoms with Crippen LogP contribution < -0.4 is 10.1 Å². The van der Waals surface area contributed by atoms with Crippen LogP contribution in [0.1, 0.15) is 30.9 Å². The molecule has 0 aliphatic rings. The van der Waals surface area contributed by atoms with Crippen molar-refractivity contribution < 1.29 is 14.3 Å². The van der Waals surface area contributed by atoms with Crippen molar-refractivity contribution in [3.05, 3.63) is 101 Å². The van der Waals surface area contributed by atoms with Crippen LogP contribution in [0.25, 0.3) is 0 Å². The van der Waals surface area contributed by atoms with Gasteiger partial charge in [-0.3, -0.25) is 9.59 Å². The number of ether oxygens (including phenoxy) is 1. The number of carbonyl (C=O) groups excluding carboxylic acids is 2. The van der Waals surface area contributed by atoms with Gasteiger partial charge >= 0.3 is 0 Å². The second-order valence-corrected chi connectivity index (χ2v) is 8.47. The smallest absolute Gasteiger partial charge is 0.261 e. The molecule has 0 aliphatic heterocycles. The maximum Gasteiger partial charge on any atom is 0.261 e. The minimum absolute atomic E-state index is 0.179. The zero-order chi connectivity index (χ0) is 24.2. The van der Waals surface area contributed by atoms with Crippen LogP contribution >= 0.6 is 11.6 Å². The number of amides is 2. The van der Waals surface area contributed by atoms with Crippen LogP contribution in [0.4, 0.5) is 0 Å². The van der Waals surface area contributed by atoms with Gasteiger partial charge in [-0.25, -0.2) is 0 Å². The van der Waals surface area contributed by atoms with Gasteiger partial charge in [0.2, 0.25) is 5.91 Å². The Hall–Kier alpha value is -3.31. The number of halogens is 1. The van der Waals surface area contributed by atoms with Gasteiger partial charge in [0.25, 0.3) is 5.91 Å². The lowest BCUT2D eigenvalue weighted by Crippen LogP contribution is -2.51. The Bertz CT molecular complexity index is 1040. The highest BCUT2D eigenvalue weighted by atomic mass is 35.5. The van der Waals surface area contributed by atoms with Crippen molar-refractivity contribution in [2.45, 2.75) is 38.8 Å². The number of nitrogens with zero attached hydrogens (tertiary/aromatic N) is 1. The first-order valence-electron chi connectivity index (χ1n) is 11.6. The zero-order valence-electron chi connectivity index (χ0n) is 19.5. The third kappa shape index (κ3) is 7.63. The van der Waals surface area contributed by atoms with Gasteiger partial charge in [-0.2, -0.15) is 0 Å². The average molecular weight is 479 g/mol. The van der Waals surface area contributed by atoms with Crippen molar-refractivity contribution >= 4 is 23.4 Å². The van der Waals surface area contributed by atoms with E-state index in [1.165, 1.54) is 0 Å². The van der Waals surface area contributed by atoms with Crippen molar-refractivity contribution in [1.29, 1.82) is 0 Å². The summed E-state index contributed by atoms with van der Waals surface area (Å²) in [5.74, 6) is 0.133. The molecule has 6 heteroatoms. The SMILES string of the molecule is CCCCNC(=O)[C@H](Cc1ccccc1)N(Cc1ccccc1Cl)C(=O)COc1ccccc1. The Kier molecular flexibility index (Phi) is 9.98. The molecule has 0 fully saturated rings. The van der Waals surface area contributed by atoms with E-state index in [9.17, 15) is 9.59 Å². The Balaban J connectivity index is 1.89. The second-order valence-electron chi connectivity index (χ2n) is 8.06. The number of hydrogen-bond acceptors (Lipinski definition) is 3. The van der Waals surface area contributed by atoms with Gasteiger partial charge in [0.15, 0.2) is 6.61 Å². The topological polar surface area (TPSA) is 58.6 Å². The third-order valence-electron chi connectivity index (χ3n) is 5.50. The molecule has 3 aromatic rings. The summed E-state index contributed by atoms with van der Waals surface area (Å²) in [5, 5.41) is 3.56. The number of nitrogens with one attached hydrogen (secondary N) is 1. The molecule has 178 valence electrons. The first-order valence-corrected chi connectivity index (χ1v) is 12.0. The molecule has 0 heterocycles. The number of carbonyl (C=O) groups is 2. The van der Waals surface area contributed by atoms with Crippen molar-refractivity contribution in [1.82, 2.24) is 10.2 Å². The molecule has 2 amide bonds. The summed E-state index contributed by atoms with van der Waals surface area (Å²) >= 11 is 6.42. The van der Waals surface area contributed by atoms with Gasteiger partial charge in [0, 0.05) is 24.5 Å². The normalized spacial score (nSPS) is 11.5. The van der Waals surface area contributed by atoms with E-state index in [4.69, 9.17) is 16.3 Å². The summed E-state index contributed by atoms with van der Waals surface area (Å²) in [6, 6.07) is 25.6. The first-order chi connectivity index (χ1) is 16.6. The van der Waals surface area contributed by atoms with Crippen LogP contribution in [-0.2, 0) is 22.6 Å². The Morgan fingerprint density at radius 2 is 1.59 bits per heavy atom. The lowest BCUT2D eigenvalue weighted by Gasteiger charge is -2.31. The summed E-state index contributed by atoms with van der Waals surface area (Å²) in [6.07, 6.45) is 2.23. The fraction of sp³-hybridized carbons (Fsp3) is 0.286. The molecule has 34 heavy (non-hydrogen) atoms. The summed E-state index contributed by atoms with van der Waals surface area (Å²) in [7, 11) is 0. The monoisotopic (exact) mass is 478 g/mol. The summed E-state index contributed by atoms with van der Waals surface area (Å²) in [4.78, 5) is 28.4. The standard InChI is InChI=1S/C28H31ClN2O3/c1-2-3-18-30-28(33)26(19-22-12-6-4-7-13-22)31(20-23-14-10-11-17-25(23)29)27(32)21-34-24-15-8-5-9-16-24/h4-17,26H,2-3,18-21H2,1H3,(H,30,33)/t26-/m0/s1. The molecule has 1 N–H and O–H groups in total. The first kappa shape index (κ1) is 25.3. The molecular weight excluding hydrogens is 448 g/mol. The lowest BCUT2D eigenvalue weighted by molar-refractivity contribution is -0.142. The van der Waals surface area contributed by atoms with E-state index in [-0.39, 0.29) is 25.0 Å². The second kappa shape index (κ2) is 13.4. The van der Waals surface area contributed by atoms with Gasteiger partial charge in [0.1, 0.15) is 11.8 Å². The Morgan fingerprint density at radius 1 is 0.941 bits per heavy atom. The molecule has 0 radical (unpaired) electrons. The van der Waals surface area contributed by atoms with Crippen LogP contribution in [0.2, 0.25) is 5.02 Å². The predicted molar refractivity (Wildman–Crippen MR) is 136 cm³/mol. The molecule has 3 rings (SSSR count). The fourth-order valence-electron chi connectivity index (χ4n) is 3.61. The molecular formula is C28H31ClN2O3. The third-order valence-corrected chi connectivity index (χ3v) is 5.87. The van der Waals surface area contributed by atoms with Crippen molar-refractivity contribution in [3.8, 4) is 5.75 Å². The van der Waals surface area contributed by atoms with E-state index in [2.05, 4.69) is 12.2 Å². The molecule has 0 saturated heterocycles. The number of hydrogen-bond donors (Lipinski definition) is 1. The number of rotatable bonds is 12. The maximum atomic E-state index is 13.5. The average Bonchev–Trinajstić information content (AvgIpc) is 2.87. The molecule has 3 aromatic carbocycles. The molecule has 0 spiro atoms. The molecule has 0 aromatic heterocycles. The van der Waals surface area contributed by atoms with Crippen molar-refractivity contribution in [2.75, 3.05) is 13.2 Å². The predicted octanol–water partition coefficient (Wildman–Crippen LogP) is 5.28. The van der Waals surface area contributed by atoms with Gasteiger partial charge in [-0.1, -0.05) is 91.7 Å². The van der Waals surface area contributed by atoms with E-state index in [1.807, 2.05) is 66.7 Å². The summed E-state index contributed by atoms with van der Waals surface area (Å²) in [6.45, 7) is 2.66. The lowest BCUT2D eigenvalue weighted by atomic mass is 10.0. The van der Waals surface area contributed by atoms with E-state index >= 15 is 0 Å². The van der Waals surface area contributed by atoms with E-state index < -0.39 is 6.04 Å². The molecule has 0 unspecified atom stereocenters. The Morgan fingerprint density at radius 3 is 2.26 bits per heavy atom. The number of para-hydroxylation sites is 1. The maximum absolute atomic E-state index is 13.5. The van der Waals surface area contributed by atoms with Crippen LogP contribution in [-0.4, -0.2) is 35.9 Å². The largest absolute Gasteiger partial charge is 0.484 e. The summed E-state index contributed by atoms with van der Waals surface area (Å²) in [5.41, 5.74) is 1.75. The van der Waals surface area contributed by atoms with Gasteiger partial charge < -0.3 is 15.0 Å². The van der Waals surface area contributed by atoms with Crippen LogP contribution in [0.15, 0.2) is 84.9 Å². The number of benzene rings is 3. The van der Waals surface area contributed by atoms with Gasteiger partial charge in [-0.15, -0.1) is 0 Å². The summed E-state index contributed by atoms with van der Waals surface area (Å²) < 4.78 is 5.74. The molecule has 0 bridgehead atoms. The highest BCUT2D eigenvalue weighted by Gasteiger charge is 2.31. The minimum atomic E-state index is -0.706. The van der Waals surface area contributed by atoms with E-state index in [1.54, 1.807) is 23.1 Å². The fourth-order valence-corrected chi connectivity index (χ4v) is 3.81. The highest BCUT2D eigenvalue weighted by molar-refractivity contribution is 6.31. The molecule has 5 nitrogen and oxygen atoms in total. The number of unbranched alkanes of at least 4 members (excludes halogenated alkanes) is 1. The molecule has 0 saturated carbocycles.